The molecular weight excluding hydrogens is 282 g/mol. The predicted molar refractivity (Wildman–Crippen MR) is 86.7 cm³/mol. The van der Waals surface area contributed by atoms with Gasteiger partial charge in [0.2, 0.25) is 0 Å². The second-order valence-electron chi connectivity index (χ2n) is 5.11. The monoisotopic (exact) mass is 299 g/mol. The molecule has 2 heterocycles. The molecule has 3 aromatic rings. The molecule has 2 aromatic heterocycles. The largest absolute Gasteiger partial charge is 0.308 e. The number of hydrogen-bond donors (Lipinski definition) is 2. The maximum Gasteiger partial charge on any atom is 0.268 e. The summed E-state index contributed by atoms with van der Waals surface area (Å²) in [6.07, 6.45) is 0. The highest BCUT2D eigenvalue weighted by Gasteiger charge is 2.09. The third kappa shape index (κ3) is 2.89. The fourth-order valence-corrected chi connectivity index (χ4v) is 3.16. The third-order valence-electron chi connectivity index (χ3n) is 3.59. The van der Waals surface area contributed by atoms with Crippen LogP contribution in [0.1, 0.15) is 29.9 Å². The van der Waals surface area contributed by atoms with Crippen molar-refractivity contribution in [3.63, 3.8) is 0 Å². The Balaban J connectivity index is 1.77. The lowest BCUT2D eigenvalue weighted by Gasteiger charge is -2.16. The van der Waals surface area contributed by atoms with Crippen LogP contribution in [0.3, 0.4) is 0 Å². The predicted octanol–water partition coefficient (Wildman–Crippen LogP) is 3.14. The van der Waals surface area contributed by atoms with Gasteiger partial charge >= 0.3 is 0 Å². The van der Waals surface area contributed by atoms with Gasteiger partial charge in [0, 0.05) is 6.04 Å². The van der Waals surface area contributed by atoms with Gasteiger partial charge in [0.15, 0.2) is 0 Å². The second-order valence-corrected chi connectivity index (χ2v) is 6.02. The zero-order valence-corrected chi connectivity index (χ0v) is 12.8. The van der Waals surface area contributed by atoms with Crippen molar-refractivity contribution in [1.82, 2.24) is 15.3 Å². The number of nitrogens with one attached hydrogen (secondary N) is 2. The minimum atomic E-state index is -0.0599. The molecule has 0 aliphatic rings. The molecule has 1 unspecified atom stereocenters. The fraction of sp³-hybridized carbons (Fsp3) is 0.250. The van der Waals surface area contributed by atoms with E-state index in [4.69, 9.17) is 0 Å². The van der Waals surface area contributed by atoms with Gasteiger partial charge in [-0.2, -0.15) is 0 Å². The molecule has 0 spiro atoms. The molecule has 0 saturated carbocycles. The molecule has 5 heteroatoms. The zero-order chi connectivity index (χ0) is 14.8. The molecule has 0 saturated heterocycles. The molecule has 0 radical (unpaired) electrons. The van der Waals surface area contributed by atoms with Crippen molar-refractivity contribution in [3.05, 3.63) is 63.0 Å². The summed E-state index contributed by atoms with van der Waals surface area (Å²) >= 11 is 1.42. The van der Waals surface area contributed by atoms with Crippen molar-refractivity contribution in [2.45, 2.75) is 26.4 Å². The van der Waals surface area contributed by atoms with E-state index in [1.54, 1.807) is 0 Å². The lowest BCUT2D eigenvalue weighted by molar-refractivity contribution is 0.557. The first kappa shape index (κ1) is 14.0. The Labute approximate surface area is 126 Å². The van der Waals surface area contributed by atoms with E-state index in [1.165, 1.54) is 22.5 Å². The van der Waals surface area contributed by atoms with Gasteiger partial charge in [-0.25, -0.2) is 4.98 Å². The Kier molecular flexibility index (Phi) is 3.86. The summed E-state index contributed by atoms with van der Waals surface area (Å²) in [5, 5.41) is 5.30. The Morgan fingerprint density at radius 2 is 2.14 bits per heavy atom. The third-order valence-corrected chi connectivity index (χ3v) is 4.50. The molecule has 0 aliphatic carbocycles. The number of H-pyrrole nitrogens is 1. The van der Waals surface area contributed by atoms with Crippen LogP contribution in [0.25, 0.3) is 10.2 Å². The van der Waals surface area contributed by atoms with Crippen molar-refractivity contribution in [1.29, 1.82) is 0 Å². The Morgan fingerprint density at radius 1 is 1.33 bits per heavy atom. The van der Waals surface area contributed by atoms with Gasteiger partial charge in [-0.3, -0.25) is 4.79 Å². The Hall–Kier alpha value is -1.98. The number of rotatable bonds is 4. The molecule has 4 nitrogen and oxygen atoms in total. The highest BCUT2D eigenvalue weighted by Crippen LogP contribution is 2.17. The topological polar surface area (TPSA) is 57.8 Å². The summed E-state index contributed by atoms with van der Waals surface area (Å²) in [7, 11) is 0. The van der Waals surface area contributed by atoms with E-state index in [2.05, 4.69) is 41.3 Å². The summed E-state index contributed by atoms with van der Waals surface area (Å²) in [6, 6.07) is 10.4. The van der Waals surface area contributed by atoms with Gasteiger partial charge in [-0.1, -0.05) is 24.3 Å². The molecular formula is C16H17N3OS. The number of thiophene rings is 1. The number of benzene rings is 1. The van der Waals surface area contributed by atoms with Gasteiger partial charge in [-0.15, -0.1) is 11.3 Å². The van der Waals surface area contributed by atoms with E-state index in [9.17, 15) is 4.79 Å². The van der Waals surface area contributed by atoms with Crippen LogP contribution >= 0.6 is 11.3 Å². The van der Waals surface area contributed by atoms with E-state index in [-0.39, 0.29) is 11.6 Å². The van der Waals surface area contributed by atoms with Gasteiger partial charge in [0.25, 0.3) is 5.56 Å². The van der Waals surface area contributed by atoms with Crippen LogP contribution in [0.2, 0.25) is 0 Å². The van der Waals surface area contributed by atoms with Gasteiger partial charge in [0.05, 0.1) is 12.1 Å². The second kappa shape index (κ2) is 5.79. The molecule has 0 aliphatic heterocycles. The van der Waals surface area contributed by atoms with E-state index in [0.717, 1.165) is 5.52 Å². The van der Waals surface area contributed by atoms with E-state index in [0.29, 0.717) is 17.1 Å². The first-order valence-corrected chi connectivity index (χ1v) is 7.78. The zero-order valence-electron chi connectivity index (χ0n) is 12.0. The molecule has 1 atom stereocenters. The highest BCUT2D eigenvalue weighted by atomic mass is 32.1. The van der Waals surface area contributed by atoms with Crippen LogP contribution in [0, 0.1) is 6.92 Å². The molecule has 2 N–H and O–H groups in total. The molecule has 108 valence electrons. The summed E-state index contributed by atoms with van der Waals surface area (Å²) in [5.74, 6) is 0.673. The van der Waals surface area contributed by atoms with Gasteiger partial charge in [0.1, 0.15) is 10.5 Å². The summed E-state index contributed by atoms with van der Waals surface area (Å²) < 4.78 is 0.686. The lowest BCUT2D eigenvalue weighted by Crippen LogP contribution is -2.22. The van der Waals surface area contributed by atoms with E-state index >= 15 is 0 Å². The van der Waals surface area contributed by atoms with Crippen molar-refractivity contribution < 1.29 is 0 Å². The van der Waals surface area contributed by atoms with Crippen LogP contribution in [-0.2, 0) is 6.54 Å². The quantitative estimate of drug-likeness (QED) is 0.778. The van der Waals surface area contributed by atoms with Crippen LogP contribution in [-0.4, -0.2) is 9.97 Å². The minimum absolute atomic E-state index is 0.0599. The molecule has 3 rings (SSSR count). The molecule has 0 fully saturated rings. The van der Waals surface area contributed by atoms with Crippen LogP contribution in [0.15, 0.2) is 40.5 Å². The van der Waals surface area contributed by atoms with Crippen LogP contribution in [0.5, 0.6) is 0 Å². The summed E-state index contributed by atoms with van der Waals surface area (Å²) in [5.41, 5.74) is 3.23. The number of hydrogen-bond acceptors (Lipinski definition) is 4. The number of aromatic nitrogens is 2. The number of fused-ring (bicyclic) bond motifs is 1. The fourth-order valence-electron chi connectivity index (χ4n) is 2.44. The molecule has 1 aromatic carbocycles. The maximum absolute atomic E-state index is 11.9. The average molecular weight is 299 g/mol. The van der Waals surface area contributed by atoms with E-state index in [1.807, 2.05) is 23.6 Å². The van der Waals surface area contributed by atoms with Crippen molar-refractivity contribution >= 4 is 21.6 Å². The SMILES string of the molecule is Cc1ccccc1C(C)NCc1nc2ccsc2c(=O)[nH]1. The van der Waals surface area contributed by atoms with Gasteiger partial charge < -0.3 is 10.3 Å². The minimum Gasteiger partial charge on any atom is -0.308 e. The van der Waals surface area contributed by atoms with Crippen molar-refractivity contribution in [3.8, 4) is 0 Å². The standard InChI is InChI=1S/C16H17N3OS/c1-10-5-3-4-6-12(10)11(2)17-9-14-18-13-7-8-21-15(13)16(20)19-14/h3-8,11,17H,9H2,1-2H3,(H,18,19,20). The molecule has 0 bridgehead atoms. The lowest BCUT2D eigenvalue weighted by atomic mass is 10.0. The highest BCUT2D eigenvalue weighted by molar-refractivity contribution is 7.17. The number of aromatic amines is 1. The first-order valence-electron chi connectivity index (χ1n) is 6.90. The van der Waals surface area contributed by atoms with Crippen LogP contribution in [0.4, 0.5) is 0 Å². The average Bonchev–Trinajstić information content (AvgIpc) is 2.94. The van der Waals surface area contributed by atoms with Crippen molar-refractivity contribution in [2.75, 3.05) is 0 Å². The van der Waals surface area contributed by atoms with Crippen LogP contribution < -0.4 is 10.9 Å². The normalized spacial score (nSPS) is 12.7. The summed E-state index contributed by atoms with van der Waals surface area (Å²) in [6.45, 7) is 4.76. The Bertz CT molecular complexity index is 822. The first-order chi connectivity index (χ1) is 10.1. The van der Waals surface area contributed by atoms with Crippen molar-refractivity contribution in [2.24, 2.45) is 0 Å². The summed E-state index contributed by atoms with van der Waals surface area (Å²) in [4.78, 5) is 19.2. The molecule has 0 amide bonds. The smallest absolute Gasteiger partial charge is 0.268 e. The van der Waals surface area contributed by atoms with E-state index < -0.39 is 0 Å². The number of aryl methyl sites for hydroxylation is 1. The maximum atomic E-state index is 11.9. The Morgan fingerprint density at radius 3 is 2.95 bits per heavy atom. The molecule has 21 heavy (non-hydrogen) atoms. The van der Waals surface area contributed by atoms with Gasteiger partial charge in [-0.05, 0) is 36.4 Å². The number of nitrogens with zero attached hydrogens (tertiary/aromatic N) is 1.